The van der Waals surface area contributed by atoms with Crippen molar-refractivity contribution in [3.8, 4) is 5.75 Å². The first kappa shape index (κ1) is 16.0. The Morgan fingerprint density at radius 1 is 0.958 bits per heavy atom. The summed E-state index contributed by atoms with van der Waals surface area (Å²) < 4.78 is 5.08. The van der Waals surface area contributed by atoms with Gasteiger partial charge in [0.2, 0.25) is 0 Å². The summed E-state index contributed by atoms with van der Waals surface area (Å²) in [6, 6.07) is 20.7. The van der Waals surface area contributed by atoms with Crippen LogP contribution < -0.4 is 15.4 Å². The molecule has 0 aliphatic carbocycles. The second-order valence-electron chi connectivity index (χ2n) is 5.16. The number of ether oxygens (including phenoxy) is 1. The molecule has 0 aliphatic rings. The van der Waals surface area contributed by atoms with Crippen molar-refractivity contribution >= 4 is 39.7 Å². The van der Waals surface area contributed by atoms with Crippen LogP contribution in [0.15, 0.2) is 66.7 Å². The van der Waals surface area contributed by atoms with E-state index < -0.39 is 0 Å². The molecule has 0 aromatic heterocycles. The molecular weight excluding hydrogens is 320 g/mol. The van der Waals surface area contributed by atoms with Crippen molar-refractivity contribution in [2.75, 3.05) is 12.4 Å². The Bertz CT molecular complexity index is 886. The number of benzene rings is 3. The average Bonchev–Trinajstić information content (AvgIpc) is 2.62. The van der Waals surface area contributed by atoms with Gasteiger partial charge in [-0.3, -0.25) is 10.1 Å². The molecule has 0 unspecified atom stereocenters. The summed E-state index contributed by atoms with van der Waals surface area (Å²) >= 11 is 5.26. The van der Waals surface area contributed by atoms with Crippen molar-refractivity contribution in [2.45, 2.75) is 0 Å². The van der Waals surface area contributed by atoms with E-state index in [0.717, 1.165) is 16.5 Å². The second kappa shape index (κ2) is 7.10. The van der Waals surface area contributed by atoms with E-state index in [2.05, 4.69) is 10.6 Å². The van der Waals surface area contributed by atoms with Gasteiger partial charge >= 0.3 is 0 Å². The highest BCUT2D eigenvalue weighted by Crippen LogP contribution is 2.22. The van der Waals surface area contributed by atoms with Crippen molar-refractivity contribution < 1.29 is 9.53 Å². The summed E-state index contributed by atoms with van der Waals surface area (Å²) in [5.74, 6) is 0.429. The number of rotatable bonds is 3. The molecule has 0 saturated heterocycles. The molecule has 3 aromatic carbocycles. The summed E-state index contributed by atoms with van der Waals surface area (Å²) in [6.07, 6.45) is 0. The molecule has 3 aromatic rings. The van der Waals surface area contributed by atoms with Crippen LogP contribution in [-0.4, -0.2) is 18.1 Å². The Morgan fingerprint density at radius 2 is 1.67 bits per heavy atom. The summed E-state index contributed by atoms with van der Waals surface area (Å²) in [5.41, 5.74) is 1.37. The Kier molecular flexibility index (Phi) is 4.72. The lowest BCUT2D eigenvalue weighted by molar-refractivity contribution is 0.0977. The van der Waals surface area contributed by atoms with Crippen LogP contribution >= 0.6 is 12.2 Å². The number of amides is 1. The molecule has 0 radical (unpaired) electrons. The molecule has 4 nitrogen and oxygen atoms in total. The highest BCUT2D eigenvalue weighted by Gasteiger charge is 2.09. The fourth-order valence-corrected chi connectivity index (χ4v) is 2.61. The van der Waals surface area contributed by atoms with Crippen LogP contribution in [0.5, 0.6) is 5.75 Å². The topological polar surface area (TPSA) is 50.4 Å². The van der Waals surface area contributed by atoms with Gasteiger partial charge in [0.25, 0.3) is 5.91 Å². The third-order valence-corrected chi connectivity index (χ3v) is 3.82. The Balaban J connectivity index is 1.71. The maximum atomic E-state index is 12.2. The molecule has 0 aliphatic heterocycles. The van der Waals surface area contributed by atoms with Gasteiger partial charge in [0.1, 0.15) is 5.75 Å². The molecule has 120 valence electrons. The fraction of sp³-hybridized carbons (Fsp3) is 0.0526. The summed E-state index contributed by atoms with van der Waals surface area (Å²) in [7, 11) is 1.58. The van der Waals surface area contributed by atoms with Crippen LogP contribution in [0.25, 0.3) is 10.8 Å². The molecule has 0 spiro atoms. The number of carbonyl (C=O) groups excluding carboxylic acids is 1. The maximum absolute atomic E-state index is 12.2. The second-order valence-corrected chi connectivity index (χ2v) is 5.57. The first-order valence-electron chi connectivity index (χ1n) is 7.41. The van der Waals surface area contributed by atoms with Crippen molar-refractivity contribution in [2.24, 2.45) is 0 Å². The Hall–Kier alpha value is -2.92. The van der Waals surface area contributed by atoms with E-state index in [1.165, 1.54) is 0 Å². The van der Waals surface area contributed by atoms with Gasteiger partial charge in [0, 0.05) is 16.6 Å². The minimum Gasteiger partial charge on any atom is -0.497 e. The highest BCUT2D eigenvalue weighted by atomic mass is 32.1. The number of carbonyl (C=O) groups is 1. The van der Waals surface area contributed by atoms with Crippen molar-refractivity contribution in [3.63, 3.8) is 0 Å². The van der Waals surface area contributed by atoms with Gasteiger partial charge in [-0.2, -0.15) is 0 Å². The van der Waals surface area contributed by atoms with Crippen molar-refractivity contribution in [1.82, 2.24) is 5.32 Å². The lowest BCUT2D eigenvalue weighted by atomic mass is 10.1. The molecule has 0 heterocycles. The van der Waals surface area contributed by atoms with E-state index in [1.54, 1.807) is 31.4 Å². The van der Waals surface area contributed by atoms with Crippen LogP contribution in [0, 0.1) is 0 Å². The van der Waals surface area contributed by atoms with E-state index in [9.17, 15) is 4.79 Å². The summed E-state index contributed by atoms with van der Waals surface area (Å²) in [5, 5.41) is 8.17. The van der Waals surface area contributed by atoms with Crippen LogP contribution in [0.2, 0.25) is 0 Å². The third kappa shape index (κ3) is 3.52. The molecule has 2 N–H and O–H groups in total. The number of nitrogens with one attached hydrogen (secondary N) is 2. The highest BCUT2D eigenvalue weighted by molar-refractivity contribution is 7.80. The van der Waals surface area contributed by atoms with E-state index in [4.69, 9.17) is 17.0 Å². The van der Waals surface area contributed by atoms with Crippen LogP contribution in [0.4, 0.5) is 5.69 Å². The molecule has 0 fully saturated rings. The average molecular weight is 336 g/mol. The molecule has 1 amide bonds. The fourth-order valence-electron chi connectivity index (χ4n) is 2.41. The largest absolute Gasteiger partial charge is 0.497 e. The lowest BCUT2D eigenvalue weighted by Crippen LogP contribution is -2.34. The van der Waals surface area contributed by atoms with Gasteiger partial charge < -0.3 is 10.1 Å². The monoisotopic (exact) mass is 336 g/mol. The SMILES string of the molecule is COc1ccc(C(=O)NC(=S)Nc2cccc3ccccc23)cc1. The van der Waals surface area contributed by atoms with Gasteiger partial charge in [-0.05, 0) is 47.9 Å². The van der Waals surface area contributed by atoms with E-state index in [1.807, 2.05) is 42.5 Å². The van der Waals surface area contributed by atoms with Gasteiger partial charge in [-0.15, -0.1) is 0 Å². The van der Waals surface area contributed by atoms with Gasteiger partial charge in [-0.25, -0.2) is 0 Å². The molecule has 0 atom stereocenters. The third-order valence-electron chi connectivity index (χ3n) is 3.62. The predicted octanol–water partition coefficient (Wildman–Crippen LogP) is 3.98. The summed E-state index contributed by atoms with van der Waals surface area (Å²) in [4.78, 5) is 12.2. The van der Waals surface area contributed by atoms with E-state index >= 15 is 0 Å². The number of anilines is 1. The number of hydrogen-bond donors (Lipinski definition) is 2. The van der Waals surface area contributed by atoms with Crippen LogP contribution in [-0.2, 0) is 0 Å². The molecule has 0 saturated carbocycles. The van der Waals surface area contributed by atoms with E-state index in [0.29, 0.717) is 11.3 Å². The Labute approximate surface area is 145 Å². The molecular formula is C19H16N2O2S. The maximum Gasteiger partial charge on any atom is 0.257 e. The zero-order valence-electron chi connectivity index (χ0n) is 13.1. The number of thiocarbonyl (C=S) groups is 1. The van der Waals surface area contributed by atoms with Crippen molar-refractivity contribution in [1.29, 1.82) is 0 Å². The molecule has 3 rings (SSSR count). The number of methoxy groups -OCH3 is 1. The first-order chi connectivity index (χ1) is 11.7. The smallest absolute Gasteiger partial charge is 0.257 e. The summed E-state index contributed by atoms with van der Waals surface area (Å²) in [6.45, 7) is 0. The van der Waals surface area contributed by atoms with Crippen LogP contribution in [0.1, 0.15) is 10.4 Å². The van der Waals surface area contributed by atoms with Crippen LogP contribution in [0.3, 0.4) is 0 Å². The Morgan fingerprint density at radius 3 is 2.42 bits per heavy atom. The lowest BCUT2D eigenvalue weighted by Gasteiger charge is -2.12. The number of fused-ring (bicyclic) bond motifs is 1. The first-order valence-corrected chi connectivity index (χ1v) is 7.82. The quantitative estimate of drug-likeness (QED) is 0.711. The molecule has 0 bridgehead atoms. The number of hydrogen-bond acceptors (Lipinski definition) is 3. The van der Waals surface area contributed by atoms with Gasteiger partial charge in [0.15, 0.2) is 5.11 Å². The van der Waals surface area contributed by atoms with Gasteiger partial charge in [-0.1, -0.05) is 36.4 Å². The molecule has 5 heteroatoms. The predicted molar refractivity (Wildman–Crippen MR) is 101 cm³/mol. The zero-order chi connectivity index (χ0) is 16.9. The normalized spacial score (nSPS) is 10.2. The van der Waals surface area contributed by atoms with Gasteiger partial charge in [0.05, 0.1) is 7.11 Å². The van der Waals surface area contributed by atoms with E-state index in [-0.39, 0.29) is 11.0 Å². The molecule has 24 heavy (non-hydrogen) atoms. The standard InChI is InChI=1S/C19H16N2O2S/c1-23-15-11-9-14(10-12-15)18(22)21-19(24)20-17-8-4-6-13-5-2-3-7-16(13)17/h2-12H,1H3,(H2,20,21,22,24). The van der Waals surface area contributed by atoms with Crippen molar-refractivity contribution in [3.05, 3.63) is 72.3 Å². The minimum atomic E-state index is -0.268. The minimum absolute atomic E-state index is 0.257. The zero-order valence-corrected chi connectivity index (χ0v) is 13.9.